The number of hydrogen-bond donors (Lipinski definition) is 1. The maximum Gasteiger partial charge on any atom is 0.317 e. The molecule has 3 rings (SSSR count). The first-order chi connectivity index (χ1) is 11.7. The smallest absolute Gasteiger partial charge is 0.317 e. The summed E-state index contributed by atoms with van der Waals surface area (Å²) >= 11 is 0. The number of rotatable bonds is 5. The first-order valence-corrected chi connectivity index (χ1v) is 8.35. The predicted molar refractivity (Wildman–Crippen MR) is 92.6 cm³/mol. The van der Waals surface area contributed by atoms with Crippen LogP contribution in [-0.2, 0) is 13.2 Å². The van der Waals surface area contributed by atoms with E-state index in [4.69, 9.17) is 4.74 Å². The molecule has 1 N–H and O–H groups in total. The topological polar surface area (TPSA) is 54.5 Å². The van der Waals surface area contributed by atoms with E-state index in [-0.39, 0.29) is 6.03 Å². The lowest BCUT2D eigenvalue weighted by Gasteiger charge is -2.17. The molecule has 1 aromatic heterocycles. The molecular formula is C19H23N3O2. The van der Waals surface area contributed by atoms with E-state index >= 15 is 0 Å². The van der Waals surface area contributed by atoms with Crippen molar-refractivity contribution in [3.63, 3.8) is 0 Å². The van der Waals surface area contributed by atoms with Gasteiger partial charge in [0.25, 0.3) is 0 Å². The summed E-state index contributed by atoms with van der Waals surface area (Å²) < 4.78 is 5.77. The molecule has 1 saturated heterocycles. The van der Waals surface area contributed by atoms with Gasteiger partial charge in [-0.15, -0.1) is 0 Å². The van der Waals surface area contributed by atoms with Gasteiger partial charge in [0.2, 0.25) is 0 Å². The van der Waals surface area contributed by atoms with Crippen LogP contribution in [0.1, 0.15) is 24.6 Å². The van der Waals surface area contributed by atoms with E-state index in [0.717, 1.165) is 36.5 Å². The molecule has 1 aliphatic rings. The van der Waals surface area contributed by atoms with Crippen LogP contribution in [0.5, 0.6) is 5.75 Å². The number of amides is 2. The number of hydrogen-bond acceptors (Lipinski definition) is 3. The Morgan fingerprint density at radius 3 is 3.00 bits per heavy atom. The molecule has 126 valence electrons. The third-order valence-electron chi connectivity index (χ3n) is 4.17. The van der Waals surface area contributed by atoms with Gasteiger partial charge in [-0.25, -0.2) is 4.79 Å². The lowest BCUT2D eigenvalue weighted by atomic mass is 10.2. The standard InChI is InChI=1S/C19H23N3O2/c1-15-8-10-22(13-15)19(23)21-12-16-5-4-7-18(11-16)24-14-17-6-2-3-9-20-17/h2-7,9,11,15H,8,10,12-14H2,1H3,(H,21,23). The quantitative estimate of drug-likeness (QED) is 0.918. The number of pyridine rings is 1. The van der Waals surface area contributed by atoms with Gasteiger partial charge >= 0.3 is 6.03 Å². The van der Waals surface area contributed by atoms with Crippen LogP contribution in [0, 0.1) is 5.92 Å². The summed E-state index contributed by atoms with van der Waals surface area (Å²) in [6.45, 7) is 4.81. The van der Waals surface area contributed by atoms with Crippen LogP contribution in [-0.4, -0.2) is 29.0 Å². The van der Waals surface area contributed by atoms with Crippen LogP contribution in [0.15, 0.2) is 48.7 Å². The van der Waals surface area contributed by atoms with Crippen molar-refractivity contribution < 1.29 is 9.53 Å². The van der Waals surface area contributed by atoms with Crippen LogP contribution in [0.3, 0.4) is 0 Å². The number of likely N-dealkylation sites (tertiary alicyclic amines) is 1. The van der Waals surface area contributed by atoms with Crippen molar-refractivity contribution in [2.24, 2.45) is 5.92 Å². The Bertz CT molecular complexity index is 675. The van der Waals surface area contributed by atoms with Crippen LogP contribution in [0.4, 0.5) is 4.79 Å². The highest BCUT2D eigenvalue weighted by Crippen LogP contribution is 2.16. The summed E-state index contributed by atoms with van der Waals surface area (Å²) in [6.07, 6.45) is 2.84. The molecule has 2 aromatic rings. The lowest BCUT2D eigenvalue weighted by Crippen LogP contribution is -2.37. The van der Waals surface area contributed by atoms with Gasteiger partial charge in [0.15, 0.2) is 0 Å². The Hall–Kier alpha value is -2.56. The molecule has 24 heavy (non-hydrogen) atoms. The van der Waals surface area contributed by atoms with Gasteiger partial charge in [-0.3, -0.25) is 4.98 Å². The average Bonchev–Trinajstić information content (AvgIpc) is 3.06. The van der Waals surface area contributed by atoms with Gasteiger partial charge in [0.05, 0.1) is 5.69 Å². The highest BCUT2D eigenvalue weighted by Gasteiger charge is 2.22. The van der Waals surface area contributed by atoms with E-state index in [9.17, 15) is 4.79 Å². The number of ether oxygens (including phenoxy) is 1. The van der Waals surface area contributed by atoms with Crippen molar-refractivity contribution in [3.05, 3.63) is 59.9 Å². The molecule has 2 heterocycles. The normalized spacial score (nSPS) is 16.9. The Balaban J connectivity index is 1.50. The first kappa shape index (κ1) is 16.3. The maximum absolute atomic E-state index is 12.1. The van der Waals surface area contributed by atoms with Crippen molar-refractivity contribution >= 4 is 6.03 Å². The van der Waals surface area contributed by atoms with Crippen LogP contribution in [0.2, 0.25) is 0 Å². The third kappa shape index (κ3) is 4.47. The summed E-state index contributed by atoms with van der Waals surface area (Å²) in [5.41, 5.74) is 1.91. The summed E-state index contributed by atoms with van der Waals surface area (Å²) in [5, 5.41) is 2.98. The van der Waals surface area contributed by atoms with Crippen molar-refractivity contribution in [3.8, 4) is 5.75 Å². The van der Waals surface area contributed by atoms with Crippen molar-refractivity contribution in [1.29, 1.82) is 0 Å². The first-order valence-electron chi connectivity index (χ1n) is 8.35. The fourth-order valence-electron chi connectivity index (χ4n) is 2.79. The van der Waals surface area contributed by atoms with E-state index in [1.807, 2.05) is 47.4 Å². The second-order valence-electron chi connectivity index (χ2n) is 6.26. The monoisotopic (exact) mass is 325 g/mol. The molecule has 0 aliphatic carbocycles. The van der Waals surface area contributed by atoms with Crippen molar-refractivity contribution in [1.82, 2.24) is 15.2 Å². The highest BCUT2D eigenvalue weighted by atomic mass is 16.5. The molecule has 1 atom stereocenters. The number of benzene rings is 1. The molecule has 1 unspecified atom stereocenters. The molecule has 1 fully saturated rings. The largest absolute Gasteiger partial charge is 0.487 e. The number of aromatic nitrogens is 1. The van der Waals surface area contributed by atoms with Gasteiger partial charge in [-0.05, 0) is 42.2 Å². The molecule has 2 amide bonds. The minimum atomic E-state index is 0.0131. The Kier molecular flexibility index (Phi) is 5.31. The van der Waals surface area contributed by atoms with E-state index in [2.05, 4.69) is 17.2 Å². The molecule has 0 saturated carbocycles. The SMILES string of the molecule is CC1CCN(C(=O)NCc2cccc(OCc3ccccn3)c2)C1. The second kappa shape index (κ2) is 7.81. The maximum atomic E-state index is 12.1. The van der Waals surface area contributed by atoms with E-state index in [0.29, 0.717) is 19.1 Å². The fourth-order valence-corrected chi connectivity index (χ4v) is 2.79. The third-order valence-corrected chi connectivity index (χ3v) is 4.17. The Morgan fingerprint density at radius 2 is 2.25 bits per heavy atom. The minimum Gasteiger partial charge on any atom is -0.487 e. The van der Waals surface area contributed by atoms with Gasteiger partial charge < -0.3 is 15.0 Å². The summed E-state index contributed by atoms with van der Waals surface area (Å²) in [6, 6.07) is 13.6. The van der Waals surface area contributed by atoms with Gasteiger partial charge in [0.1, 0.15) is 12.4 Å². The zero-order valence-corrected chi connectivity index (χ0v) is 13.9. The summed E-state index contributed by atoms with van der Waals surface area (Å²) in [5.74, 6) is 1.38. The minimum absolute atomic E-state index is 0.0131. The van der Waals surface area contributed by atoms with E-state index in [1.54, 1.807) is 6.20 Å². The van der Waals surface area contributed by atoms with Crippen LogP contribution in [0.25, 0.3) is 0 Å². The highest BCUT2D eigenvalue weighted by molar-refractivity contribution is 5.74. The molecular weight excluding hydrogens is 302 g/mol. The van der Waals surface area contributed by atoms with Crippen molar-refractivity contribution in [2.75, 3.05) is 13.1 Å². The Morgan fingerprint density at radius 1 is 1.33 bits per heavy atom. The zero-order chi connectivity index (χ0) is 16.8. The lowest BCUT2D eigenvalue weighted by molar-refractivity contribution is 0.207. The van der Waals surface area contributed by atoms with Crippen molar-refractivity contribution in [2.45, 2.75) is 26.5 Å². The van der Waals surface area contributed by atoms with Crippen LogP contribution >= 0.6 is 0 Å². The number of nitrogens with zero attached hydrogens (tertiary/aromatic N) is 2. The second-order valence-corrected chi connectivity index (χ2v) is 6.26. The molecule has 0 spiro atoms. The molecule has 1 aliphatic heterocycles. The van der Waals surface area contributed by atoms with Gasteiger partial charge in [-0.2, -0.15) is 0 Å². The number of urea groups is 1. The van der Waals surface area contributed by atoms with E-state index < -0.39 is 0 Å². The van der Waals surface area contributed by atoms with Gasteiger partial charge in [-0.1, -0.05) is 25.1 Å². The summed E-state index contributed by atoms with van der Waals surface area (Å²) in [4.78, 5) is 18.3. The summed E-state index contributed by atoms with van der Waals surface area (Å²) in [7, 11) is 0. The molecule has 1 aromatic carbocycles. The molecule has 0 bridgehead atoms. The molecule has 5 nitrogen and oxygen atoms in total. The molecule has 0 radical (unpaired) electrons. The van der Waals surface area contributed by atoms with Crippen LogP contribution < -0.4 is 10.1 Å². The van der Waals surface area contributed by atoms with E-state index in [1.165, 1.54) is 0 Å². The fraction of sp³-hybridized carbons (Fsp3) is 0.368. The zero-order valence-electron chi connectivity index (χ0n) is 13.9. The number of nitrogens with one attached hydrogen (secondary N) is 1. The number of carbonyl (C=O) groups is 1. The molecule has 5 heteroatoms. The van der Waals surface area contributed by atoms with Gasteiger partial charge in [0, 0.05) is 25.8 Å². The Labute approximate surface area is 142 Å². The average molecular weight is 325 g/mol. The predicted octanol–water partition coefficient (Wildman–Crippen LogP) is 3.21. The number of carbonyl (C=O) groups excluding carboxylic acids is 1.